The summed E-state index contributed by atoms with van der Waals surface area (Å²) in [6.07, 6.45) is 4.63. The van der Waals surface area contributed by atoms with Crippen LogP contribution in [0.15, 0.2) is 35.3 Å². The van der Waals surface area contributed by atoms with Crippen LogP contribution in [0.2, 0.25) is 0 Å². The number of hydrogen-bond donors (Lipinski definition) is 1. The Kier molecular flexibility index (Phi) is 3.64. The van der Waals surface area contributed by atoms with E-state index >= 15 is 0 Å². The minimum atomic E-state index is -0.135. The van der Waals surface area contributed by atoms with Gasteiger partial charge >= 0.3 is 0 Å². The molecule has 1 fully saturated rings. The number of rotatable bonds is 1. The molecular formula is C18H24N2S. The second-order valence-corrected chi connectivity index (χ2v) is 7.86. The van der Waals surface area contributed by atoms with Crippen molar-refractivity contribution in [2.75, 3.05) is 0 Å². The van der Waals surface area contributed by atoms with E-state index in [1.165, 1.54) is 12.8 Å². The van der Waals surface area contributed by atoms with Gasteiger partial charge in [-0.1, -0.05) is 63.3 Å². The highest BCUT2D eigenvalue weighted by molar-refractivity contribution is 7.82. The predicted octanol–water partition coefficient (Wildman–Crippen LogP) is 4.34. The summed E-state index contributed by atoms with van der Waals surface area (Å²) < 4.78 is 0. The lowest BCUT2D eigenvalue weighted by molar-refractivity contribution is 0.131. The van der Waals surface area contributed by atoms with Crippen LogP contribution in [0.3, 0.4) is 0 Å². The Hall–Kier alpha value is -1.22. The highest BCUT2D eigenvalue weighted by Gasteiger charge is 2.42. The van der Waals surface area contributed by atoms with Gasteiger partial charge in [-0.2, -0.15) is 0 Å². The monoisotopic (exact) mass is 300 g/mol. The maximum atomic E-state index is 5.54. The zero-order chi connectivity index (χ0) is 15.1. The van der Waals surface area contributed by atoms with Crippen molar-refractivity contribution in [3.63, 3.8) is 0 Å². The minimum absolute atomic E-state index is 0.135. The molecule has 3 rings (SSSR count). The molecule has 2 aliphatic rings. The zero-order valence-electron chi connectivity index (χ0n) is 13.1. The molecule has 0 amide bonds. The van der Waals surface area contributed by atoms with Crippen LogP contribution >= 0.6 is 12.2 Å². The first-order valence-electron chi connectivity index (χ1n) is 7.87. The van der Waals surface area contributed by atoms with Gasteiger partial charge in [0.1, 0.15) is 16.4 Å². The molecule has 3 heteroatoms. The molecule has 1 N–H and O–H groups in total. The highest BCUT2D eigenvalue weighted by Crippen LogP contribution is 2.43. The van der Waals surface area contributed by atoms with Crippen molar-refractivity contribution in [2.24, 2.45) is 16.3 Å². The topological polar surface area (TPSA) is 24.4 Å². The van der Waals surface area contributed by atoms with Crippen LogP contribution in [0.4, 0.5) is 0 Å². The van der Waals surface area contributed by atoms with E-state index in [0.717, 1.165) is 35.0 Å². The molecule has 1 aromatic carbocycles. The lowest BCUT2D eigenvalue weighted by atomic mass is 9.70. The maximum Gasteiger partial charge on any atom is 0.131 e. The van der Waals surface area contributed by atoms with E-state index in [-0.39, 0.29) is 5.66 Å². The van der Waals surface area contributed by atoms with E-state index in [1.54, 1.807) is 0 Å². The maximum absolute atomic E-state index is 5.54. The van der Waals surface area contributed by atoms with E-state index in [9.17, 15) is 0 Å². The van der Waals surface area contributed by atoms with Crippen molar-refractivity contribution >= 4 is 22.9 Å². The Morgan fingerprint density at radius 2 is 1.76 bits per heavy atom. The summed E-state index contributed by atoms with van der Waals surface area (Å²) in [5.74, 6) is 0.787. The number of benzene rings is 1. The summed E-state index contributed by atoms with van der Waals surface area (Å²) in [4.78, 5) is 5.83. The first kappa shape index (κ1) is 14.7. The third-order valence-electron chi connectivity index (χ3n) is 4.97. The van der Waals surface area contributed by atoms with Crippen molar-refractivity contribution in [3.05, 3.63) is 35.9 Å². The van der Waals surface area contributed by atoms with E-state index in [4.69, 9.17) is 17.2 Å². The predicted molar refractivity (Wildman–Crippen MR) is 92.9 cm³/mol. The Bertz CT molecular complexity index is 561. The average molecular weight is 300 g/mol. The minimum Gasteiger partial charge on any atom is -0.351 e. The molecule has 0 atom stereocenters. The SMILES string of the molecule is CC(C)(C)C1CCC2(CC1)N=C(c1ccccc1)C(=S)N2. The van der Waals surface area contributed by atoms with Crippen LogP contribution in [0, 0.1) is 11.3 Å². The number of aliphatic imine (C=N–C) groups is 1. The second-order valence-electron chi connectivity index (χ2n) is 7.45. The highest BCUT2D eigenvalue weighted by atomic mass is 32.1. The first-order valence-corrected chi connectivity index (χ1v) is 8.28. The van der Waals surface area contributed by atoms with E-state index in [0.29, 0.717) is 5.41 Å². The van der Waals surface area contributed by atoms with E-state index in [2.05, 4.69) is 38.2 Å². The first-order chi connectivity index (χ1) is 9.90. The third-order valence-corrected chi connectivity index (χ3v) is 5.27. The summed E-state index contributed by atoms with van der Waals surface area (Å²) in [6.45, 7) is 7.04. The van der Waals surface area contributed by atoms with Gasteiger partial charge in [0, 0.05) is 5.56 Å². The molecule has 0 bridgehead atoms. The van der Waals surface area contributed by atoms with E-state index in [1.807, 2.05) is 18.2 Å². The fraction of sp³-hybridized carbons (Fsp3) is 0.556. The number of hydrogen-bond acceptors (Lipinski definition) is 2. The van der Waals surface area contributed by atoms with Crippen LogP contribution < -0.4 is 5.32 Å². The number of nitrogens with one attached hydrogen (secondary N) is 1. The van der Waals surface area contributed by atoms with Crippen LogP contribution in [0.1, 0.15) is 52.0 Å². The van der Waals surface area contributed by atoms with Crippen LogP contribution in [0.25, 0.3) is 0 Å². The van der Waals surface area contributed by atoms with Crippen LogP contribution in [-0.2, 0) is 0 Å². The molecule has 1 aromatic rings. The molecule has 112 valence electrons. The molecule has 21 heavy (non-hydrogen) atoms. The van der Waals surface area contributed by atoms with Gasteiger partial charge in [0.05, 0.1) is 0 Å². The quantitative estimate of drug-likeness (QED) is 0.780. The molecular weight excluding hydrogens is 276 g/mol. The van der Waals surface area contributed by atoms with Gasteiger partial charge in [-0.3, -0.25) is 4.99 Å². The second kappa shape index (κ2) is 5.20. The van der Waals surface area contributed by atoms with Gasteiger partial charge in [-0.25, -0.2) is 0 Å². The summed E-state index contributed by atoms with van der Waals surface area (Å²) >= 11 is 5.54. The van der Waals surface area contributed by atoms with Crippen molar-refractivity contribution in [3.8, 4) is 0 Å². The molecule has 1 aliphatic heterocycles. The number of thiocarbonyl (C=S) groups is 1. The van der Waals surface area contributed by atoms with Crippen LogP contribution in [0.5, 0.6) is 0 Å². The van der Waals surface area contributed by atoms with E-state index < -0.39 is 0 Å². The summed E-state index contributed by atoms with van der Waals surface area (Å²) in [7, 11) is 0. The smallest absolute Gasteiger partial charge is 0.131 e. The molecule has 1 spiro atoms. The van der Waals surface area contributed by atoms with Gasteiger partial charge in [0.25, 0.3) is 0 Å². The summed E-state index contributed by atoms with van der Waals surface area (Å²) in [5, 5.41) is 3.52. The van der Waals surface area contributed by atoms with Gasteiger partial charge in [0.2, 0.25) is 0 Å². The lowest BCUT2D eigenvalue weighted by Gasteiger charge is -2.40. The summed E-state index contributed by atoms with van der Waals surface area (Å²) in [6, 6.07) is 10.3. The molecule has 0 radical (unpaired) electrons. The number of nitrogens with zero attached hydrogens (tertiary/aromatic N) is 1. The van der Waals surface area contributed by atoms with Gasteiger partial charge in [0.15, 0.2) is 0 Å². The van der Waals surface area contributed by atoms with Crippen molar-refractivity contribution < 1.29 is 0 Å². The molecule has 1 heterocycles. The molecule has 1 saturated carbocycles. The van der Waals surface area contributed by atoms with Crippen molar-refractivity contribution in [1.82, 2.24) is 5.32 Å². The Labute approximate surface area is 133 Å². The fourth-order valence-electron chi connectivity index (χ4n) is 3.55. The zero-order valence-corrected chi connectivity index (χ0v) is 14.0. The van der Waals surface area contributed by atoms with Crippen molar-refractivity contribution in [2.45, 2.75) is 52.1 Å². The molecule has 2 nitrogen and oxygen atoms in total. The average Bonchev–Trinajstić information content (AvgIpc) is 2.76. The van der Waals surface area contributed by atoms with Crippen LogP contribution in [-0.4, -0.2) is 16.4 Å². The Morgan fingerprint density at radius 1 is 1.14 bits per heavy atom. The Balaban J connectivity index is 1.80. The van der Waals surface area contributed by atoms with Gasteiger partial charge in [-0.15, -0.1) is 0 Å². The van der Waals surface area contributed by atoms with Crippen molar-refractivity contribution in [1.29, 1.82) is 0 Å². The third kappa shape index (κ3) is 2.89. The Morgan fingerprint density at radius 3 is 2.33 bits per heavy atom. The fourth-order valence-corrected chi connectivity index (χ4v) is 3.91. The lowest BCUT2D eigenvalue weighted by Crippen LogP contribution is -2.46. The molecule has 0 saturated heterocycles. The standard InChI is InChI=1S/C18H24N2S/c1-17(2,3)14-9-11-18(12-10-14)19-15(16(21)20-18)13-7-5-4-6-8-13/h4-8,14H,9-12H2,1-3H3,(H,20,21). The molecule has 0 aromatic heterocycles. The van der Waals surface area contributed by atoms with Gasteiger partial charge in [-0.05, 0) is 37.0 Å². The normalized spacial score (nSPS) is 29.4. The molecule has 0 unspecified atom stereocenters. The molecule has 1 aliphatic carbocycles. The summed E-state index contributed by atoms with van der Waals surface area (Å²) in [5.41, 5.74) is 2.36. The van der Waals surface area contributed by atoms with Gasteiger partial charge < -0.3 is 5.32 Å². The largest absolute Gasteiger partial charge is 0.351 e.